The molecule has 7 amide bonds. The van der Waals surface area contributed by atoms with Crippen molar-refractivity contribution >= 4 is 54.9 Å². The number of carbonyl (C=O) groups excluding carboxylic acids is 6. The molecule has 3 rings (SSSR count). The molecule has 0 aromatic heterocycles. The molecule has 21 nitrogen and oxygen atoms in total. The first kappa shape index (κ1) is 74.0. The van der Waals surface area contributed by atoms with Crippen molar-refractivity contribution in [3.63, 3.8) is 0 Å². The number of hydrogen-bond acceptors (Lipinski definition) is 11. The largest absolute Gasteiger partial charge is 0.677 e. The minimum atomic E-state index is -0.903. The molecule has 0 saturated carbocycles. The van der Waals surface area contributed by atoms with Gasteiger partial charge < -0.3 is 72.1 Å². The Kier molecular flexibility index (Phi) is 40.0. The van der Waals surface area contributed by atoms with Crippen LogP contribution in [0.4, 0.5) is 4.79 Å². The van der Waals surface area contributed by atoms with E-state index in [2.05, 4.69) is 67.4 Å². The van der Waals surface area contributed by atoms with Crippen molar-refractivity contribution in [3.05, 3.63) is 52.7 Å². The number of halogens is 1. The quantitative estimate of drug-likeness (QED) is 0.0397. The Morgan fingerprint density at radius 2 is 1.39 bits per heavy atom. The van der Waals surface area contributed by atoms with Crippen LogP contribution in [0.2, 0.25) is 0 Å². The van der Waals surface area contributed by atoms with Crippen molar-refractivity contribution in [1.82, 2.24) is 41.3 Å². The van der Waals surface area contributed by atoms with E-state index < -0.39 is 48.3 Å². The second kappa shape index (κ2) is 42.7. The summed E-state index contributed by atoms with van der Waals surface area (Å²) in [6, 6.07) is 6.20. The van der Waals surface area contributed by atoms with Crippen LogP contribution in [-0.4, -0.2) is 207 Å². The third-order valence-electron chi connectivity index (χ3n) is 14.6. The Balaban J connectivity index is 0.00000420. The number of benzene rings is 1. The summed E-state index contributed by atoms with van der Waals surface area (Å²) in [5.74, 6) is -1.91. The SMILES string of the molecule is CC[C@H](C)[C@@H]([C@@H](CC(=O)N1CCC[C@H]1[C@H](OC)[C@@H](C)C(=O)N[C@@H](Cc1ccccc1)C(=O)NCCOCCOCCNC(=O)NCC1CC[N-]CC1)OC)N(C)C(=O)[C@@H](NC(=O)[C@H](C(C)C)N(C)C)C(C)C.[I][Pt].[NH-]CCC[NH-]. The summed E-state index contributed by atoms with van der Waals surface area (Å²) < 4.78 is 23.4. The molecule has 2 heterocycles. The van der Waals surface area contributed by atoms with Crippen molar-refractivity contribution in [2.75, 3.05) is 114 Å². The van der Waals surface area contributed by atoms with Crippen LogP contribution in [-0.2, 0) is 65.5 Å². The molecule has 7 N–H and O–H groups in total. The minimum Gasteiger partial charge on any atom is -0.677 e. The number of likely N-dealkylation sites (tertiary alicyclic amines) is 1. The molecule has 2 saturated heterocycles. The Morgan fingerprint density at radius 3 is 1.91 bits per heavy atom. The molecule has 0 aliphatic carbocycles. The monoisotopic (exact) mass is 1410 g/mol. The molecule has 1 aromatic rings. The van der Waals surface area contributed by atoms with E-state index in [9.17, 15) is 28.8 Å². The number of ether oxygens (including phenoxy) is 4. The summed E-state index contributed by atoms with van der Waals surface area (Å²) in [4.78, 5) is 87.6. The van der Waals surface area contributed by atoms with Crippen LogP contribution in [0, 0.1) is 29.6 Å². The van der Waals surface area contributed by atoms with Crippen LogP contribution in [0.5, 0.6) is 0 Å². The van der Waals surface area contributed by atoms with Gasteiger partial charge in [-0.3, -0.25) is 28.9 Å². The Hall–Kier alpha value is -3.06. The van der Waals surface area contributed by atoms with Crippen molar-refractivity contribution in [1.29, 1.82) is 0 Å². The molecule has 459 valence electrons. The van der Waals surface area contributed by atoms with Crippen molar-refractivity contribution < 1.29 is 63.8 Å². The number of nitrogens with zero attached hydrogens (tertiary/aromatic N) is 4. The number of piperidine rings is 1. The molecule has 0 bridgehead atoms. The molecule has 0 spiro atoms. The summed E-state index contributed by atoms with van der Waals surface area (Å²) in [6.07, 6.45) is 3.63. The third-order valence-corrected chi connectivity index (χ3v) is 14.6. The van der Waals surface area contributed by atoms with Gasteiger partial charge in [0.15, 0.2) is 0 Å². The molecule has 0 radical (unpaired) electrons. The molecule has 1 aromatic carbocycles. The molecular formula is C56H100IN11O10Pt-3. The summed E-state index contributed by atoms with van der Waals surface area (Å²) in [5, 5.41) is 19.0. The minimum absolute atomic E-state index is 0.0166. The molecule has 0 unspecified atom stereocenters. The number of likely N-dealkylation sites (N-methyl/N-ethyl adjacent to an activating group) is 2. The first-order chi connectivity index (χ1) is 37.8. The van der Waals surface area contributed by atoms with Crippen molar-refractivity contribution in [2.24, 2.45) is 29.6 Å². The smallest absolute Gasteiger partial charge is 0.0916 e. The second-order valence-electron chi connectivity index (χ2n) is 21.3. The zero-order chi connectivity index (χ0) is 59.5. The summed E-state index contributed by atoms with van der Waals surface area (Å²) in [7, 11) is 8.51. The van der Waals surface area contributed by atoms with E-state index in [1.54, 1.807) is 30.9 Å². The van der Waals surface area contributed by atoms with E-state index in [0.29, 0.717) is 77.7 Å². The van der Waals surface area contributed by atoms with Gasteiger partial charge in [0, 0.05) is 53.9 Å². The van der Waals surface area contributed by atoms with Gasteiger partial charge in [-0.05, 0) is 56.2 Å². The van der Waals surface area contributed by atoms with E-state index in [-0.39, 0.29) is 79.3 Å². The van der Waals surface area contributed by atoms with E-state index in [1.807, 2.05) is 90.9 Å². The Morgan fingerprint density at radius 1 is 0.785 bits per heavy atom. The summed E-state index contributed by atoms with van der Waals surface area (Å²) in [5.41, 5.74) is 13.8. The fraction of sp³-hybridized carbons (Fsp3) is 0.786. The topological polar surface area (TPSA) is 271 Å². The molecule has 79 heavy (non-hydrogen) atoms. The predicted molar refractivity (Wildman–Crippen MR) is 316 cm³/mol. The maximum absolute atomic E-state index is 14.5. The first-order valence-corrected chi connectivity index (χ1v) is 34.6. The molecule has 9 atom stereocenters. The molecule has 2 aliphatic rings. The van der Waals surface area contributed by atoms with Crippen LogP contribution in [0.1, 0.15) is 99.0 Å². The van der Waals surface area contributed by atoms with Crippen LogP contribution in [0.15, 0.2) is 30.3 Å². The van der Waals surface area contributed by atoms with E-state index in [0.717, 1.165) is 37.9 Å². The van der Waals surface area contributed by atoms with Gasteiger partial charge in [-0.25, -0.2) is 4.79 Å². The second-order valence-corrected chi connectivity index (χ2v) is 21.3. The zero-order valence-corrected chi connectivity index (χ0v) is 54.0. The van der Waals surface area contributed by atoms with Gasteiger partial charge in [0.2, 0.25) is 29.5 Å². The summed E-state index contributed by atoms with van der Waals surface area (Å²) >= 11 is 4.23. The average Bonchev–Trinajstić information content (AvgIpc) is 3.93. The molecule has 2 aliphatic heterocycles. The normalized spacial score (nSPS) is 17.6. The van der Waals surface area contributed by atoms with Gasteiger partial charge >= 0.3 is 41.5 Å². The number of nitrogens with one attached hydrogen (secondary N) is 7. The van der Waals surface area contributed by atoms with Gasteiger partial charge in [-0.2, -0.15) is 13.1 Å². The fourth-order valence-corrected chi connectivity index (χ4v) is 10.1. The van der Waals surface area contributed by atoms with Crippen molar-refractivity contribution in [3.8, 4) is 0 Å². The number of hydrogen-bond donors (Lipinski definition) is 5. The van der Waals surface area contributed by atoms with Gasteiger partial charge in [-0.1, -0.05) is 104 Å². The number of amides is 7. The Bertz CT molecular complexity index is 1850. The number of carbonyl (C=O) groups is 6. The first-order valence-electron chi connectivity index (χ1n) is 28.2. The van der Waals surface area contributed by atoms with E-state index >= 15 is 0 Å². The van der Waals surface area contributed by atoms with Crippen molar-refractivity contribution in [2.45, 2.75) is 142 Å². The van der Waals surface area contributed by atoms with Gasteiger partial charge in [0.05, 0.1) is 69.1 Å². The maximum Gasteiger partial charge on any atom is -0.0916 e. The van der Waals surface area contributed by atoms with Crippen LogP contribution >= 0.6 is 19.4 Å². The third kappa shape index (κ3) is 27.3. The number of methoxy groups -OCH3 is 2. The fourth-order valence-electron chi connectivity index (χ4n) is 10.1. The Labute approximate surface area is 495 Å². The molecule has 2 fully saturated rings. The van der Waals surface area contributed by atoms with Gasteiger partial charge in [0.1, 0.15) is 12.1 Å². The number of rotatable bonds is 34. The van der Waals surface area contributed by atoms with Crippen LogP contribution < -0.4 is 26.6 Å². The van der Waals surface area contributed by atoms with E-state index in [1.165, 1.54) is 7.11 Å². The predicted octanol–water partition coefficient (Wildman–Crippen LogP) is 5.96. The average molecular weight is 1410 g/mol. The summed E-state index contributed by atoms with van der Waals surface area (Å²) in [6.45, 7) is 19.0. The van der Waals surface area contributed by atoms with Gasteiger partial charge in [-0.15, -0.1) is 13.1 Å². The van der Waals surface area contributed by atoms with Crippen LogP contribution in [0.3, 0.4) is 0 Å². The molecule has 23 heteroatoms. The molecular weight excluding hydrogens is 1310 g/mol. The standard InChI is InChI=1S/C53H92N9O10.C3H8N2.HI.Pt/c1-13-37(6)47(61(10)52(67)45(35(2)3)59-51(66)46(36(4)5)60(8)9)43(69-11)33-44(63)62-27-17-20-42(62)48(70-12)38(7)49(64)58-41(32-39-18-15-14-16-19-39)50(65)55-25-28-71-30-31-72-29-26-56-53(68)57-34-40-21-23-54-24-22-40;4-2-1-3-5;;/h14-16,18-19,35-38,40-43,45-48H,13,17,20-34H2,1-12H3,(H,55,65)(H,58,64)(H,59,66)(H2,56,57,68);4-5H,1-3H2;1H;/q-1;-2;;+1/p-1/t37-,38+,41-,42-,43+,45-,46-,47-,48+;;;/m0.../s1. The van der Waals surface area contributed by atoms with E-state index in [4.69, 9.17) is 30.4 Å². The zero-order valence-electron chi connectivity index (χ0n) is 49.5. The maximum atomic E-state index is 14.5. The number of urea groups is 1. The van der Waals surface area contributed by atoms with Crippen LogP contribution in [0.25, 0.3) is 16.8 Å². The van der Waals surface area contributed by atoms with Gasteiger partial charge in [0.25, 0.3) is 0 Å².